The van der Waals surface area contributed by atoms with Gasteiger partial charge < -0.3 is 10.6 Å². The number of benzene rings is 3. The minimum absolute atomic E-state index is 0.0163. The van der Waals surface area contributed by atoms with Gasteiger partial charge in [-0.05, 0) is 89.9 Å². The summed E-state index contributed by atoms with van der Waals surface area (Å²) in [6.45, 7) is 11.5. The molecule has 0 saturated heterocycles. The van der Waals surface area contributed by atoms with Crippen LogP contribution in [-0.2, 0) is 27.8 Å². The summed E-state index contributed by atoms with van der Waals surface area (Å²) in [5.41, 5.74) is 5.22. The maximum absolute atomic E-state index is 13.7. The van der Waals surface area contributed by atoms with Crippen molar-refractivity contribution in [3.8, 4) is 0 Å². The number of hydrogen-bond donors (Lipinski definition) is 3. The average Bonchev–Trinajstić information content (AvgIpc) is 3.31. The van der Waals surface area contributed by atoms with Crippen LogP contribution in [-0.4, -0.2) is 20.4 Å². The lowest BCUT2D eigenvalue weighted by Gasteiger charge is -2.29. The van der Waals surface area contributed by atoms with E-state index < -0.39 is 16.1 Å². The summed E-state index contributed by atoms with van der Waals surface area (Å²) >= 11 is 7.40. The van der Waals surface area contributed by atoms with E-state index in [9.17, 15) is 13.2 Å². The van der Waals surface area contributed by atoms with Crippen molar-refractivity contribution in [3.63, 3.8) is 0 Å². The maximum Gasteiger partial charge on any atom is 0.250 e. The molecule has 3 atom stereocenters. The molecule has 9 heteroatoms. The zero-order chi connectivity index (χ0) is 31.6. The molecular weight excluding hydrogens is 610 g/mol. The molecule has 1 heterocycles. The SMILES string of the molecule is Cc1c(S(=O)(=O)N[C@H](CC(=O)NC2CCCc3cc(CN[C@@H](C)C(C)(C)C)ccc32)c2ccccc2)sc2ccc(Cl)cc12. The van der Waals surface area contributed by atoms with Gasteiger partial charge in [0.05, 0.1) is 12.1 Å². The van der Waals surface area contributed by atoms with Crippen molar-refractivity contribution in [2.45, 2.75) is 89.2 Å². The van der Waals surface area contributed by atoms with E-state index >= 15 is 0 Å². The number of sulfonamides is 1. The van der Waals surface area contributed by atoms with Gasteiger partial charge in [0.1, 0.15) is 4.21 Å². The third-order valence-electron chi connectivity index (χ3n) is 8.76. The van der Waals surface area contributed by atoms with E-state index in [1.165, 1.54) is 22.5 Å². The molecule has 44 heavy (non-hydrogen) atoms. The quantitative estimate of drug-likeness (QED) is 0.162. The Hall–Kier alpha value is -2.75. The van der Waals surface area contributed by atoms with Crippen LogP contribution in [0.2, 0.25) is 5.02 Å². The first kappa shape index (κ1) is 32.6. The van der Waals surface area contributed by atoms with E-state index in [1.807, 2.05) is 36.4 Å². The molecule has 3 aromatic carbocycles. The minimum atomic E-state index is -3.93. The molecule has 1 aromatic heterocycles. The summed E-state index contributed by atoms with van der Waals surface area (Å²) < 4.78 is 31.4. The van der Waals surface area contributed by atoms with Crippen LogP contribution in [0.15, 0.2) is 70.9 Å². The molecule has 0 aliphatic heterocycles. The summed E-state index contributed by atoms with van der Waals surface area (Å²) in [5.74, 6) is -0.191. The van der Waals surface area contributed by atoms with Gasteiger partial charge in [-0.15, -0.1) is 11.3 Å². The Balaban J connectivity index is 1.32. The lowest BCUT2D eigenvalue weighted by Crippen LogP contribution is -2.37. The predicted octanol–water partition coefficient (Wildman–Crippen LogP) is 7.99. The van der Waals surface area contributed by atoms with Crippen molar-refractivity contribution in [1.29, 1.82) is 0 Å². The Morgan fingerprint density at radius 1 is 1.07 bits per heavy atom. The number of fused-ring (bicyclic) bond motifs is 2. The summed E-state index contributed by atoms with van der Waals surface area (Å²) in [4.78, 5) is 13.5. The molecule has 3 N–H and O–H groups in total. The highest BCUT2D eigenvalue weighted by Crippen LogP contribution is 2.37. The number of carbonyl (C=O) groups excluding carboxylic acids is 1. The Labute approximate surface area is 270 Å². The number of rotatable bonds is 10. The fourth-order valence-electron chi connectivity index (χ4n) is 5.72. The minimum Gasteiger partial charge on any atom is -0.349 e. The van der Waals surface area contributed by atoms with Gasteiger partial charge in [-0.25, -0.2) is 13.1 Å². The number of carbonyl (C=O) groups is 1. The van der Waals surface area contributed by atoms with E-state index in [1.54, 1.807) is 19.1 Å². The Morgan fingerprint density at radius 3 is 2.55 bits per heavy atom. The molecule has 234 valence electrons. The molecule has 1 aliphatic rings. The third-order valence-corrected chi connectivity index (χ3v) is 12.4. The average molecular weight is 652 g/mol. The molecule has 0 spiro atoms. The van der Waals surface area contributed by atoms with Gasteiger partial charge in [-0.1, -0.05) is 80.9 Å². The van der Waals surface area contributed by atoms with Crippen LogP contribution >= 0.6 is 22.9 Å². The van der Waals surface area contributed by atoms with Gasteiger partial charge in [0.2, 0.25) is 5.91 Å². The number of amides is 1. The molecule has 0 fully saturated rings. The molecule has 0 saturated carbocycles. The van der Waals surface area contributed by atoms with Gasteiger partial charge in [-0.3, -0.25) is 4.79 Å². The van der Waals surface area contributed by atoms with Crippen LogP contribution in [0.25, 0.3) is 10.1 Å². The van der Waals surface area contributed by atoms with E-state index in [-0.39, 0.29) is 28.0 Å². The topological polar surface area (TPSA) is 87.3 Å². The van der Waals surface area contributed by atoms with E-state index in [0.29, 0.717) is 16.6 Å². The molecule has 0 bridgehead atoms. The van der Waals surface area contributed by atoms with Crippen LogP contribution in [0, 0.1) is 12.3 Å². The van der Waals surface area contributed by atoms with Crippen molar-refractivity contribution in [3.05, 3.63) is 99.6 Å². The third kappa shape index (κ3) is 7.54. The summed E-state index contributed by atoms with van der Waals surface area (Å²) in [6.07, 6.45) is 2.80. The first-order chi connectivity index (χ1) is 20.8. The zero-order valence-corrected chi connectivity index (χ0v) is 28.4. The van der Waals surface area contributed by atoms with Gasteiger partial charge in [0, 0.05) is 28.7 Å². The Bertz CT molecular complexity index is 1750. The van der Waals surface area contributed by atoms with Crippen LogP contribution in [0.4, 0.5) is 0 Å². The van der Waals surface area contributed by atoms with Gasteiger partial charge in [0.25, 0.3) is 10.0 Å². The Morgan fingerprint density at radius 2 is 1.82 bits per heavy atom. The van der Waals surface area contributed by atoms with Gasteiger partial charge in [0.15, 0.2) is 0 Å². The molecule has 4 aromatic rings. The van der Waals surface area contributed by atoms with Crippen molar-refractivity contribution in [2.24, 2.45) is 5.41 Å². The lowest BCUT2D eigenvalue weighted by molar-refractivity contribution is -0.122. The second-order valence-corrected chi connectivity index (χ2v) is 16.4. The number of thiophene rings is 1. The molecule has 1 aliphatic carbocycles. The van der Waals surface area contributed by atoms with Crippen molar-refractivity contribution >= 4 is 49.0 Å². The number of hydrogen-bond acceptors (Lipinski definition) is 5. The monoisotopic (exact) mass is 651 g/mol. The largest absolute Gasteiger partial charge is 0.349 e. The Kier molecular flexibility index (Phi) is 9.87. The summed E-state index contributed by atoms with van der Waals surface area (Å²) in [6, 6.07) is 20.8. The van der Waals surface area contributed by atoms with Crippen molar-refractivity contribution in [1.82, 2.24) is 15.4 Å². The van der Waals surface area contributed by atoms with Crippen LogP contribution in [0.1, 0.15) is 86.9 Å². The molecular formula is C35H42ClN3O3S2. The van der Waals surface area contributed by atoms with Crippen molar-refractivity contribution in [2.75, 3.05) is 0 Å². The first-order valence-corrected chi connectivity index (χ1v) is 17.9. The van der Waals surface area contributed by atoms with Crippen LogP contribution in [0.5, 0.6) is 0 Å². The van der Waals surface area contributed by atoms with E-state index in [0.717, 1.165) is 47.0 Å². The second-order valence-electron chi connectivity index (χ2n) is 13.0. The highest BCUT2D eigenvalue weighted by molar-refractivity contribution is 7.91. The molecule has 1 amide bonds. The second kappa shape index (κ2) is 13.3. The fraction of sp³-hybridized carbons (Fsp3) is 0.400. The molecule has 6 nitrogen and oxygen atoms in total. The zero-order valence-electron chi connectivity index (χ0n) is 26.0. The predicted molar refractivity (Wildman–Crippen MR) is 182 cm³/mol. The highest BCUT2D eigenvalue weighted by Gasteiger charge is 2.29. The molecule has 5 rings (SSSR count). The number of nitrogens with one attached hydrogen (secondary N) is 3. The first-order valence-electron chi connectivity index (χ1n) is 15.2. The van der Waals surface area contributed by atoms with Crippen molar-refractivity contribution < 1.29 is 13.2 Å². The molecule has 0 radical (unpaired) electrons. The lowest BCUT2D eigenvalue weighted by atomic mass is 9.86. The number of halogens is 1. The van der Waals surface area contributed by atoms with E-state index in [2.05, 4.69) is 61.2 Å². The smallest absolute Gasteiger partial charge is 0.250 e. The highest BCUT2D eigenvalue weighted by atomic mass is 35.5. The molecule has 1 unspecified atom stereocenters. The standard InChI is InChI=1S/C35H42ClN3O3S2/c1-22-29-19-27(36)15-17-32(29)43-34(22)44(41,42)39-31(25-10-7-6-8-11-25)20-33(40)38-30-13-9-12-26-18-24(14-16-28(26)30)21-37-23(2)35(3,4)5/h6-8,10-11,14-19,23,30-31,37,39H,9,12-13,20-21H2,1-5H3,(H,38,40)/t23-,30?,31+/m0/s1. The van der Waals surface area contributed by atoms with Crippen LogP contribution in [0.3, 0.4) is 0 Å². The summed E-state index contributed by atoms with van der Waals surface area (Å²) in [5, 5.41) is 8.24. The van der Waals surface area contributed by atoms with Gasteiger partial charge in [-0.2, -0.15) is 0 Å². The van der Waals surface area contributed by atoms with Gasteiger partial charge >= 0.3 is 0 Å². The summed E-state index contributed by atoms with van der Waals surface area (Å²) in [7, 11) is -3.93. The number of aryl methyl sites for hydroxylation is 2. The van der Waals surface area contributed by atoms with E-state index in [4.69, 9.17) is 11.6 Å². The maximum atomic E-state index is 13.7. The van der Waals surface area contributed by atoms with Crippen LogP contribution < -0.4 is 15.4 Å². The normalized spacial score (nSPS) is 16.8. The fourth-order valence-corrected chi connectivity index (χ4v) is 8.88.